The van der Waals surface area contributed by atoms with Crippen LogP contribution in [0.25, 0.3) is 0 Å². The molecule has 1 fully saturated rings. The average molecular weight is 348 g/mol. The number of hydrogen-bond donors (Lipinski definition) is 1. The number of benzene rings is 1. The molecule has 1 aromatic rings. The molecular weight excluding hydrogens is 316 g/mol. The van der Waals surface area contributed by atoms with Crippen LogP contribution in [0.2, 0.25) is 0 Å². The average Bonchev–Trinajstić information content (AvgIpc) is 2.63. The number of ether oxygens (including phenoxy) is 2. The van der Waals surface area contributed by atoms with Crippen molar-refractivity contribution in [1.82, 2.24) is 0 Å². The van der Waals surface area contributed by atoms with Crippen LogP contribution in [0.15, 0.2) is 24.3 Å². The maximum absolute atomic E-state index is 12.1. The smallest absolute Gasteiger partial charge is 0.308 e. The number of carbonyl (C=O) groups is 1. The van der Waals surface area contributed by atoms with Gasteiger partial charge >= 0.3 is 5.97 Å². The number of carbonyl (C=O) groups excluding carboxylic acids is 1. The Morgan fingerprint density at radius 2 is 1.68 bits per heavy atom. The second-order valence-electron chi connectivity index (χ2n) is 7.05. The van der Waals surface area contributed by atoms with Crippen LogP contribution in [-0.4, -0.2) is 24.3 Å². The van der Waals surface area contributed by atoms with Gasteiger partial charge < -0.3 is 14.6 Å². The molecule has 140 valence electrons. The molecule has 0 aromatic heterocycles. The van der Waals surface area contributed by atoms with Crippen molar-refractivity contribution in [3.8, 4) is 5.75 Å². The molecule has 1 N–H and O–H groups in total. The van der Waals surface area contributed by atoms with E-state index >= 15 is 0 Å². The first kappa shape index (κ1) is 19.8. The van der Waals surface area contributed by atoms with Gasteiger partial charge in [0.25, 0.3) is 0 Å². The molecule has 1 saturated carbocycles. The number of hydrogen-bond acceptors (Lipinski definition) is 4. The van der Waals surface area contributed by atoms with Crippen LogP contribution < -0.4 is 4.74 Å². The Hall–Kier alpha value is -1.55. The first-order valence-electron chi connectivity index (χ1n) is 9.71. The van der Waals surface area contributed by atoms with Crippen molar-refractivity contribution < 1.29 is 19.4 Å². The standard InChI is InChI=1S/C21H32O4/c1-3-5-15-24-19-9-7-18(8-10-19)21(23)13-11-17(12-14-21)20(22)25-16-6-4-2/h7-10,17,23H,3-6,11-16H2,1-2H3. The topological polar surface area (TPSA) is 55.8 Å². The number of rotatable bonds is 9. The zero-order valence-corrected chi connectivity index (χ0v) is 15.6. The largest absolute Gasteiger partial charge is 0.494 e. The van der Waals surface area contributed by atoms with E-state index in [4.69, 9.17) is 9.47 Å². The fourth-order valence-corrected chi connectivity index (χ4v) is 3.25. The highest BCUT2D eigenvalue weighted by Gasteiger charge is 2.37. The summed E-state index contributed by atoms with van der Waals surface area (Å²) in [6.45, 7) is 5.45. The van der Waals surface area contributed by atoms with Gasteiger partial charge in [-0.05, 0) is 56.2 Å². The summed E-state index contributed by atoms with van der Waals surface area (Å²) < 4.78 is 11.0. The summed E-state index contributed by atoms with van der Waals surface area (Å²) in [5.74, 6) is 0.665. The van der Waals surface area contributed by atoms with Crippen molar-refractivity contribution in [2.24, 2.45) is 5.92 Å². The van der Waals surface area contributed by atoms with Crippen molar-refractivity contribution in [2.45, 2.75) is 70.8 Å². The molecule has 0 aliphatic heterocycles. The molecule has 1 aromatic carbocycles. The Bertz CT molecular complexity index is 515. The number of aliphatic hydroxyl groups is 1. The van der Waals surface area contributed by atoms with Crippen LogP contribution in [0.4, 0.5) is 0 Å². The van der Waals surface area contributed by atoms with Crippen molar-refractivity contribution in [1.29, 1.82) is 0 Å². The molecular formula is C21H32O4. The van der Waals surface area contributed by atoms with Crippen LogP contribution >= 0.6 is 0 Å². The lowest BCUT2D eigenvalue weighted by molar-refractivity contribution is -0.151. The second kappa shape index (κ2) is 9.81. The van der Waals surface area contributed by atoms with Crippen molar-refractivity contribution in [3.63, 3.8) is 0 Å². The summed E-state index contributed by atoms with van der Waals surface area (Å²) in [5, 5.41) is 11.0. The van der Waals surface area contributed by atoms with Crippen molar-refractivity contribution >= 4 is 5.97 Å². The van der Waals surface area contributed by atoms with E-state index < -0.39 is 5.60 Å². The highest BCUT2D eigenvalue weighted by Crippen LogP contribution is 2.40. The fourth-order valence-electron chi connectivity index (χ4n) is 3.25. The van der Waals surface area contributed by atoms with Crippen LogP contribution in [0.3, 0.4) is 0 Å². The summed E-state index contributed by atoms with van der Waals surface area (Å²) in [4.78, 5) is 12.1. The molecule has 0 atom stereocenters. The zero-order valence-electron chi connectivity index (χ0n) is 15.6. The molecule has 4 nitrogen and oxygen atoms in total. The van der Waals surface area contributed by atoms with Crippen LogP contribution in [0, 0.1) is 5.92 Å². The van der Waals surface area contributed by atoms with Crippen LogP contribution in [0.5, 0.6) is 5.75 Å². The van der Waals surface area contributed by atoms with Gasteiger partial charge in [-0.1, -0.05) is 38.8 Å². The van der Waals surface area contributed by atoms with Gasteiger partial charge in [-0.3, -0.25) is 4.79 Å². The second-order valence-corrected chi connectivity index (χ2v) is 7.05. The van der Waals surface area contributed by atoms with Crippen molar-refractivity contribution in [2.75, 3.05) is 13.2 Å². The number of unbranched alkanes of at least 4 members (excludes halogenated alkanes) is 2. The molecule has 0 radical (unpaired) electrons. The molecule has 0 bridgehead atoms. The minimum Gasteiger partial charge on any atom is -0.494 e. The molecule has 0 amide bonds. The Labute approximate surface area is 151 Å². The van der Waals surface area contributed by atoms with Gasteiger partial charge in [-0.15, -0.1) is 0 Å². The van der Waals surface area contributed by atoms with Crippen LogP contribution in [0.1, 0.15) is 70.8 Å². The number of esters is 1. The Kier molecular flexibility index (Phi) is 7.76. The maximum Gasteiger partial charge on any atom is 0.308 e. The predicted molar refractivity (Wildman–Crippen MR) is 98.6 cm³/mol. The third-order valence-corrected chi connectivity index (χ3v) is 5.05. The van der Waals surface area contributed by atoms with E-state index in [1.165, 1.54) is 0 Å². The van der Waals surface area contributed by atoms with E-state index in [0.29, 0.717) is 32.3 Å². The SMILES string of the molecule is CCCCOC(=O)C1CCC(O)(c2ccc(OCCCC)cc2)CC1. The van der Waals surface area contributed by atoms with E-state index in [1.54, 1.807) is 0 Å². The summed E-state index contributed by atoms with van der Waals surface area (Å²) in [6.07, 6.45) is 6.63. The predicted octanol–water partition coefficient (Wildman–Crippen LogP) is 4.59. The van der Waals surface area contributed by atoms with E-state index in [9.17, 15) is 9.90 Å². The molecule has 2 rings (SSSR count). The fraction of sp³-hybridized carbons (Fsp3) is 0.667. The Balaban J connectivity index is 1.85. The van der Waals surface area contributed by atoms with E-state index in [-0.39, 0.29) is 11.9 Å². The maximum atomic E-state index is 12.1. The Morgan fingerprint density at radius 3 is 2.28 bits per heavy atom. The highest BCUT2D eigenvalue weighted by atomic mass is 16.5. The van der Waals surface area contributed by atoms with Gasteiger partial charge in [0, 0.05) is 0 Å². The minimum atomic E-state index is -0.845. The van der Waals surface area contributed by atoms with E-state index in [2.05, 4.69) is 13.8 Å². The molecule has 1 aliphatic carbocycles. The molecule has 0 saturated heterocycles. The van der Waals surface area contributed by atoms with Gasteiger partial charge in [0.05, 0.1) is 24.7 Å². The molecule has 1 aliphatic rings. The lowest BCUT2D eigenvalue weighted by Crippen LogP contribution is -2.34. The molecule has 0 unspecified atom stereocenters. The first-order valence-corrected chi connectivity index (χ1v) is 9.71. The molecule has 25 heavy (non-hydrogen) atoms. The third kappa shape index (κ3) is 5.74. The lowest BCUT2D eigenvalue weighted by Gasteiger charge is -2.35. The normalized spacial score (nSPS) is 23.2. The van der Waals surface area contributed by atoms with Crippen LogP contribution in [-0.2, 0) is 15.1 Å². The highest BCUT2D eigenvalue weighted by molar-refractivity contribution is 5.72. The Morgan fingerprint density at radius 1 is 1.08 bits per heavy atom. The summed E-state index contributed by atoms with van der Waals surface area (Å²) in [5.41, 5.74) is 0.0652. The zero-order chi connectivity index (χ0) is 18.1. The quantitative estimate of drug-likeness (QED) is 0.524. The van der Waals surface area contributed by atoms with E-state index in [0.717, 1.165) is 43.6 Å². The molecule has 0 spiro atoms. The monoisotopic (exact) mass is 348 g/mol. The van der Waals surface area contributed by atoms with Crippen molar-refractivity contribution in [3.05, 3.63) is 29.8 Å². The summed E-state index contributed by atoms with van der Waals surface area (Å²) >= 11 is 0. The first-order chi connectivity index (χ1) is 12.1. The van der Waals surface area contributed by atoms with E-state index in [1.807, 2.05) is 24.3 Å². The summed E-state index contributed by atoms with van der Waals surface area (Å²) in [7, 11) is 0. The third-order valence-electron chi connectivity index (χ3n) is 5.05. The van der Waals surface area contributed by atoms with Gasteiger partial charge in [-0.25, -0.2) is 0 Å². The van der Waals surface area contributed by atoms with Gasteiger partial charge in [-0.2, -0.15) is 0 Å². The van der Waals surface area contributed by atoms with Gasteiger partial charge in [0.2, 0.25) is 0 Å². The van der Waals surface area contributed by atoms with Gasteiger partial charge in [0.1, 0.15) is 5.75 Å². The van der Waals surface area contributed by atoms with Gasteiger partial charge in [0.15, 0.2) is 0 Å². The minimum absolute atomic E-state index is 0.0752. The molecule has 4 heteroatoms. The lowest BCUT2D eigenvalue weighted by atomic mass is 9.75. The summed E-state index contributed by atoms with van der Waals surface area (Å²) in [6, 6.07) is 7.74. The molecule has 0 heterocycles.